The van der Waals surface area contributed by atoms with Crippen molar-refractivity contribution in [2.75, 3.05) is 31.6 Å². The molecule has 0 saturated carbocycles. The van der Waals surface area contributed by atoms with E-state index < -0.39 is 0 Å². The Balaban J connectivity index is 2.64. The van der Waals surface area contributed by atoms with Gasteiger partial charge in [0.1, 0.15) is 0 Å². The summed E-state index contributed by atoms with van der Waals surface area (Å²) in [7, 11) is 0. The van der Waals surface area contributed by atoms with E-state index in [1.807, 2.05) is 0 Å². The van der Waals surface area contributed by atoms with E-state index in [1.54, 1.807) is 4.90 Å². The zero-order valence-electron chi connectivity index (χ0n) is 11.6. The Morgan fingerprint density at radius 1 is 1.32 bits per heavy atom. The molecule has 0 atom stereocenters. The quantitative estimate of drug-likeness (QED) is 0.721. The fourth-order valence-corrected chi connectivity index (χ4v) is 2.27. The van der Waals surface area contributed by atoms with Crippen LogP contribution in [0.1, 0.15) is 42.9 Å². The average molecular weight is 286 g/mol. The molecule has 1 aromatic rings. The Bertz CT molecular complexity index is 384. The van der Waals surface area contributed by atoms with E-state index in [4.69, 9.17) is 5.11 Å². The third-order valence-corrected chi connectivity index (χ3v) is 3.44. The number of aliphatic hydroxyl groups excluding tert-OH is 1. The van der Waals surface area contributed by atoms with Crippen LogP contribution in [0.5, 0.6) is 0 Å². The van der Waals surface area contributed by atoms with E-state index in [-0.39, 0.29) is 12.5 Å². The first kappa shape index (κ1) is 15.8. The molecule has 0 radical (unpaired) electrons. The molecule has 0 saturated heterocycles. The standard InChI is InChI=1S/C12H22N4O2S/c1-3-5-7-16(8-9-17)11(18)10-14-15-12(19-10)13-6-4-2/h17H,3-9H2,1-2H3,(H,13,15). The Labute approximate surface area is 117 Å². The van der Waals surface area contributed by atoms with Crippen LogP contribution in [-0.4, -0.2) is 52.4 Å². The minimum absolute atomic E-state index is 0.0325. The first-order chi connectivity index (χ1) is 9.22. The molecule has 1 aromatic heterocycles. The molecule has 0 fully saturated rings. The largest absolute Gasteiger partial charge is 0.395 e. The summed E-state index contributed by atoms with van der Waals surface area (Å²) in [6.45, 7) is 5.91. The molecule has 0 spiro atoms. The van der Waals surface area contributed by atoms with Gasteiger partial charge in [-0.15, -0.1) is 10.2 Å². The molecule has 0 aliphatic rings. The van der Waals surface area contributed by atoms with Crippen molar-refractivity contribution in [3.8, 4) is 0 Å². The maximum absolute atomic E-state index is 12.2. The number of aromatic nitrogens is 2. The first-order valence-corrected chi connectivity index (χ1v) is 7.52. The van der Waals surface area contributed by atoms with Crippen LogP contribution in [0.3, 0.4) is 0 Å². The van der Waals surface area contributed by atoms with Gasteiger partial charge in [0.05, 0.1) is 6.61 Å². The van der Waals surface area contributed by atoms with E-state index in [0.717, 1.165) is 25.8 Å². The molecule has 0 aromatic carbocycles. The van der Waals surface area contributed by atoms with Crippen LogP contribution in [0.2, 0.25) is 0 Å². The summed E-state index contributed by atoms with van der Waals surface area (Å²) in [4.78, 5) is 13.9. The second-order valence-electron chi connectivity index (χ2n) is 4.21. The molecule has 0 unspecified atom stereocenters. The topological polar surface area (TPSA) is 78.3 Å². The van der Waals surface area contributed by atoms with Gasteiger partial charge in [0.25, 0.3) is 5.91 Å². The van der Waals surface area contributed by atoms with Gasteiger partial charge in [-0.2, -0.15) is 0 Å². The molecule has 2 N–H and O–H groups in total. The number of unbranched alkanes of at least 4 members (excludes halogenated alkanes) is 1. The van der Waals surface area contributed by atoms with E-state index in [9.17, 15) is 4.79 Å². The summed E-state index contributed by atoms with van der Waals surface area (Å²) in [5.74, 6) is -0.149. The van der Waals surface area contributed by atoms with Gasteiger partial charge in [-0.1, -0.05) is 31.6 Å². The molecule has 0 aliphatic heterocycles. The number of nitrogens with zero attached hydrogens (tertiary/aromatic N) is 3. The molecular formula is C12H22N4O2S. The molecule has 1 heterocycles. The van der Waals surface area contributed by atoms with Crippen molar-refractivity contribution in [3.63, 3.8) is 0 Å². The molecule has 108 valence electrons. The maximum atomic E-state index is 12.2. The molecule has 1 amide bonds. The number of aliphatic hydroxyl groups is 1. The smallest absolute Gasteiger partial charge is 0.284 e. The Kier molecular flexibility index (Phi) is 7.35. The van der Waals surface area contributed by atoms with E-state index in [0.29, 0.717) is 23.2 Å². The van der Waals surface area contributed by atoms with Crippen molar-refractivity contribution < 1.29 is 9.90 Å². The zero-order valence-corrected chi connectivity index (χ0v) is 12.4. The maximum Gasteiger partial charge on any atom is 0.284 e. The van der Waals surface area contributed by atoms with Gasteiger partial charge in [0, 0.05) is 19.6 Å². The molecule has 19 heavy (non-hydrogen) atoms. The molecule has 6 nitrogen and oxygen atoms in total. The highest BCUT2D eigenvalue weighted by Crippen LogP contribution is 2.17. The van der Waals surface area contributed by atoms with Crippen molar-refractivity contribution in [2.45, 2.75) is 33.1 Å². The fraction of sp³-hybridized carbons (Fsp3) is 0.750. The Morgan fingerprint density at radius 3 is 2.74 bits per heavy atom. The number of amides is 1. The van der Waals surface area contributed by atoms with Crippen molar-refractivity contribution in [3.05, 3.63) is 5.01 Å². The second-order valence-corrected chi connectivity index (χ2v) is 5.19. The van der Waals surface area contributed by atoms with E-state index >= 15 is 0 Å². The van der Waals surface area contributed by atoms with Crippen LogP contribution in [0.4, 0.5) is 5.13 Å². The number of hydrogen-bond donors (Lipinski definition) is 2. The Hall–Kier alpha value is -1.21. The van der Waals surface area contributed by atoms with Crippen LogP contribution in [0, 0.1) is 0 Å². The van der Waals surface area contributed by atoms with Crippen LogP contribution in [-0.2, 0) is 0 Å². The summed E-state index contributed by atoms with van der Waals surface area (Å²) in [5, 5.41) is 21.0. The lowest BCUT2D eigenvalue weighted by atomic mass is 10.3. The number of rotatable bonds is 9. The third kappa shape index (κ3) is 5.12. The zero-order chi connectivity index (χ0) is 14.1. The number of hydrogen-bond acceptors (Lipinski definition) is 6. The molecular weight excluding hydrogens is 264 g/mol. The van der Waals surface area contributed by atoms with Gasteiger partial charge in [-0.25, -0.2) is 0 Å². The minimum Gasteiger partial charge on any atom is -0.395 e. The van der Waals surface area contributed by atoms with Crippen LogP contribution in [0.15, 0.2) is 0 Å². The molecule has 1 rings (SSSR count). The fourth-order valence-electron chi connectivity index (χ4n) is 1.53. The van der Waals surface area contributed by atoms with Crippen molar-refractivity contribution in [1.29, 1.82) is 0 Å². The monoisotopic (exact) mass is 286 g/mol. The van der Waals surface area contributed by atoms with Gasteiger partial charge in [-0.3, -0.25) is 4.79 Å². The number of anilines is 1. The lowest BCUT2D eigenvalue weighted by Gasteiger charge is -2.19. The van der Waals surface area contributed by atoms with Gasteiger partial charge in [0.2, 0.25) is 10.1 Å². The number of carbonyl (C=O) groups is 1. The highest BCUT2D eigenvalue weighted by Gasteiger charge is 2.19. The van der Waals surface area contributed by atoms with Crippen molar-refractivity contribution >= 4 is 22.4 Å². The summed E-state index contributed by atoms with van der Waals surface area (Å²) in [6, 6.07) is 0. The molecule has 0 bridgehead atoms. The van der Waals surface area contributed by atoms with Crippen LogP contribution >= 0.6 is 11.3 Å². The molecule has 0 aliphatic carbocycles. The van der Waals surface area contributed by atoms with Gasteiger partial charge >= 0.3 is 0 Å². The summed E-state index contributed by atoms with van der Waals surface area (Å²) in [5.41, 5.74) is 0. The SMILES string of the molecule is CCCCN(CCO)C(=O)c1nnc(NCCC)s1. The van der Waals surface area contributed by atoms with Gasteiger partial charge in [0.15, 0.2) is 0 Å². The summed E-state index contributed by atoms with van der Waals surface area (Å²) >= 11 is 1.26. The Morgan fingerprint density at radius 2 is 2.11 bits per heavy atom. The van der Waals surface area contributed by atoms with Crippen LogP contribution < -0.4 is 5.32 Å². The number of nitrogens with one attached hydrogen (secondary N) is 1. The predicted molar refractivity (Wildman–Crippen MR) is 76.6 cm³/mol. The van der Waals surface area contributed by atoms with E-state index in [1.165, 1.54) is 11.3 Å². The lowest BCUT2D eigenvalue weighted by Crippen LogP contribution is -2.34. The molecule has 7 heteroatoms. The first-order valence-electron chi connectivity index (χ1n) is 6.70. The summed E-state index contributed by atoms with van der Waals surface area (Å²) < 4.78 is 0. The highest BCUT2D eigenvalue weighted by atomic mass is 32.1. The van der Waals surface area contributed by atoms with Crippen molar-refractivity contribution in [1.82, 2.24) is 15.1 Å². The highest BCUT2D eigenvalue weighted by molar-refractivity contribution is 7.17. The van der Waals surface area contributed by atoms with Crippen LogP contribution in [0.25, 0.3) is 0 Å². The van der Waals surface area contributed by atoms with Crippen molar-refractivity contribution in [2.24, 2.45) is 0 Å². The third-order valence-electron chi connectivity index (χ3n) is 2.57. The summed E-state index contributed by atoms with van der Waals surface area (Å²) in [6.07, 6.45) is 2.93. The average Bonchev–Trinajstić information content (AvgIpc) is 2.89. The second kappa shape index (κ2) is 8.82. The van der Waals surface area contributed by atoms with Gasteiger partial charge in [-0.05, 0) is 12.8 Å². The normalized spacial score (nSPS) is 10.5. The van der Waals surface area contributed by atoms with E-state index in [2.05, 4.69) is 29.4 Å². The lowest BCUT2D eigenvalue weighted by molar-refractivity contribution is 0.0718. The predicted octanol–water partition coefficient (Wildman–Crippen LogP) is 1.59. The number of carbonyl (C=O) groups excluding carboxylic acids is 1. The minimum atomic E-state index is -0.149. The van der Waals surface area contributed by atoms with Gasteiger partial charge < -0.3 is 15.3 Å².